The van der Waals surface area contributed by atoms with Crippen LogP contribution < -0.4 is 10.4 Å². The summed E-state index contributed by atoms with van der Waals surface area (Å²) in [6, 6.07) is 24.2. The molecule has 0 aliphatic carbocycles. The van der Waals surface area contributed by atoms with E-state index in [0.717, 1.165) is 0 Å². The van der Waals surface area contributed by atoms with Gasteiger partial charge in [0.15, 0.2) is 0 Å². The van der Waals surface area contributed by atoms with Crippen molar-refractivity contribution in [2.75, 3.05) is 6.54 Å². The van der Waals surface area contributed by atoms with Crippen molar-refractivity contribution in [2.45, 2.75) is 63.5 Å². The minimum Gasteiger partial charge on any atom is -0.338 e. The first-order chi connectivity index (χ1) is 12.9. The summed E-state index contributed by atoms with van der Waals surface area (Å²) < 4.78 is 9.58. The number of hydrogen-bond donors (Lipinski definition) is 0. The van der Waals surface area contributed by atoms with Gasteiger partial charge in [-0.25, -0.2) is 0 Å². The number of hydrogen-bond acceptors (Lipinski definition) is 2. The van der Waals surface area contributed by atoms with Crippen molar-refractivity contribution < 1.29 is 4.52 Å². The summed E-state index contributed by atoms with van der Waals surface area (Å²) in [7, 11) is -2.36. The lowest BCUT2D eigenvalue weighted by Crippen LogP contribution is -2.58. The Bertz CT molecular complexity index is 721. The van der Waals surface area contributed by atoms with Crippen LogP contribution in [0.1, 0.15) is 33.6 Å². The summed E-state index contributed by atoms with van der Waals surface area (Å²) in [6.45, 7) is 10.8. The third kappa shape index (κ3) is 3.68. The number of benzene rings is 2. The van der Waals surface area contributed by atoms with Crippen molar-refractivity contribution >= 4 is 26.7 Å². The maximum absolute atomic E-state index is 6.86. The molecule has 2 aromatic carbocycles. The van der Waals surface area contributed by atoms with Gasteiger partial charge in [0.25, 0.3) is 0 Å². The topological polar surface area (TPSA) is 12.5 Å². The summed E-state index contributed by atoms with van der Waals surface area (Å²) in [4.78, 5) is 0. The van der Waals surface area contributed by atoms with Gasteiger partial charge in [-0.15, -0.1) is 0 Å². The monoisotopic (exact) mass is 397 g/mol. The Morgan fingerprint density at radius 3 is 2.07 bits per heavy atom. The van der Waals surface area contributed by atoms with E-state index in [2.05, 4.69) is 92.7 Å². The van der Waals surface area contributed by atoms with Gasteiger partial charge in [-0.05, 0) is 18.9 Å². The summed E-state index contributed by atoms with van der Waals surface area (Å²) in [5.74, 6) is 0. The molecular formula is C23H32NOPSi. The van der Waals surface area contributed by atoms with Gasteiger partial charge in [0.05, 0.1) is 6.10 Å². The maximum atomic E-state index is 6.86. The molecule has 2 nitrogen and oxygen atoms in total. The lowest BCUT2D eigenvalue weighted by atomic mass is 10.1. The van der Waals surface area contributed by atoms with Gasteiger partial charge < -0.3 is 4.52 Å². The summed E-state index contributed by atoms with van der Waals surface area (Å²) in [5, 5.41) is 3.28. The molecule has 2 aromatic rings. The average Bonchev–Trinajstić information content (AvgIpc) is 3.26. The smallest absolute Gasteiger partial charge is 0.117 e. The van der Waals surface area contributed by atoms with Crippen LogP contribution in [0.25, 0.3) is 0 Å². The Labute approximate surface area is 166 Å². The molecule has 2 aliphatic heterocycles. The van der Waals surface area contributed by atoms with Crippen LogP contribution in [-0.4, -0.2) is 36.6 Å². The van der Waals surface area contributed by atoms with E-state index >= 15 is 0 Å². The molecule has 2 saturated heterocycles. The van der Waals surface area contributed by atoms with E-state index in [1.54, 1.807) is 0 Å². The standard InChI is InChI=1S/C23H32NOPSi/c1-23(2,3)26-24-17-11-16-21(24)22(25-26)18-27(4,19-12-7-5-8-13-19)20-14-9-6-10-15-20/h5-10,12-15,21-22H,11,16-18H2,1-4H3. The zero-order valence-electron chi connectivity index (χ0n) is 17.1. The first-order valence-corrected chi connectivity index (χ1v) is 14.2. The molecule has 0 spiro atoms. The molecule has 0 amide bonds. The van der Waals surface area contributed by atoms with E-state index in [1.807, 2.05) is 0 Å². The predicted molar refractivity (Wildman–Crippen MR) is 120 cm³/mol. The Morgan fingerprint density at radius 2 is 1.56 bits per heavy atom. The second kappa shape index (κ2) is 7.44. The Balaban J connectivity index is 1.69. The Morgan fingerprint density at radius 1 is 1.00 bits per heavy atom. The quantitative estimate of drug-likeness (QED) is 0.540. The molecule has 2 aliphatic rings. The first-order valence-electron chi connectivity index (χ1n) is 10.2. The third-order valence-corrected chi connectivity index (χ3v) is 13.2. The molecule has 0 bridgehead atoms. The highest BCUT2D eigenvalue weighted by molar-refractivity contribution is 7.52. The lowest BCUT2D eigenvalue weighted by molar-refractivity contribution is 0.227. The lowest BCUT2D eigenvalue weighted by Gasteiger charge is -2.33. The molecule has 2 heterocycles. The van der Waals surface area contributed by atoms with Crippen molar-refractivity contribution in [2.24, 2.45) is 0 Å². The van der Waals surface area contributed by atoms with Crippen LogP contribution in [0.15, 0.2) is 60.7 Å². The van der Waals surface area contributed by atoms with Gasteiger partial charge >= 0.3 is 0 Å². The normalized spacial score (nSPS) is 26.3. The van der Waals surface area contributed by atoms with Gasteiger partial charge in [0, 0.05) is 17.7 Å². The van der Waals surface area contributed by atoms with Crippen LogP contribution in [0.4, 0.5) is 0 Å². The predicted octanol–water partition coefficient (Wildman–Crippen LogP) is 4.85. The van der Waals surface area contributed by atoms with Crippen molar-refractivity contribution in [1.29, 1.82) is 0 Å². The fourth-order valence-corrected chi connectivity index (χ4v) is 11.3. The molecule has 4 rings (SSSR count). The highest BCUT2D eigenvalue weighted by Crippen LogP contribution is 2.63. The van der Waals surface area contributed by atoms with Gasteiger partial charge in [-0.1, -0.05) is 98.4 Å². The van der Waals surface area contributed by atoms with Gasteiger partial charge in [0.2, 0.25) is 0 Å². The molecule has 4 heteroatoms. The van der Waals surface area contributed by atoms with Crippen molar-refractivity contribution in [3.8, 4) is 0 Å². The molecule has 0 aromatic heterocycles. The molecule has 0 saturated carbocycles. The van der Waals surface area contributed by atoms with Gasteiger partial charge in [-0.2, -0.15) is 0 Å². The fraction of sp³-hybridized carbons (Fsp3) is 0.478. The van der Waals surface area contributed by atoms with E-state index in [9.17, 15) is 0 Å². The molecule has 27 heavy (non-hydrogen) atoms. The average molecular weight is 398 g/mol. The van der Waals surface area contributed by atoms with Crippen LogP contribution in [0.2, 0.25) is 12.6 Å². The van der Waals surface area contributed by atoms with Gasteiger partial charge in [-0.3, -0.25) is 4.67 Å². The maximum Gasteiger partial charge on any atom is 0.117 e. The largest absolute Gasteiger partial charge is 0.338 e. The summed E-state index contributed by atoms with van der Waals surface area (Å²) >= 11 is 0. The van der Waals surface area contributed by atoms with Crippen LogP contribution >= 0.6 is 8.30 Å². The van der Waals surface area contributed by atoms with Crippen molar-refractivity contribution in [3.63, 3.8) is 0 Å². The molecule has 0 N–H and O–H groups in total. The highest BCUT2D eigenvalue weighted by Gasteiger charge is 2.51. The zero-order chi connectivity index (χ0) is 19.1. The minimum atomic E-state index is -1.86. The van der Waals surface area contributed by atoms with Crippen molar-refractivity contribution in [1.82, 2.24) is 4.67 Å². The second-order valence-electron chi connectivity index (χ2n) is 9.23. The first kappa shape index (κ1) is 19.3. The molecule has 2 fully saturated rings. The highest BCUT2D eigenvalue weighted by atomic mass is 31.2. The summed E-state index contributed by atoms with van der Waals surface area (Å²) in [5.41, 5.74) is 0. The fourth-order valence-electron chi connectivity index (χ4n) is 4.77. The minimum absolute atomic E-state index is 0.226. The van der Waals surface area contributed by atoms with E-state index in [4.69, 9.17) is 4.52 Å². The van der Waals surface area contributed by atoms with E-state index in [1.165, 1.54) is 35.8 Å². The van der Waals surface area contributed by atoms with Crippen LogP contribution in [-0.2, 0) is 4.52 Å². The van der Waals surface area contributed by atoms with Crippen LogP contribution in [0, 0.1) is 0 Å². The SMILES string of the molecule is CC(C)(C)P1OC(C[Si](C)(c2ccccc2)c2ccccc2)C2CCCN21. The molecule has 3 atom stereocenters. The molecule has 144 valence electrons. The third-order valence-electron chi connectivity index (χ3n) is 6.17. The molecule has 3 unspecified atom stereocenters. The van der Waals surface area contributed by atoms with Crippen LogP contribution in [0.3, 0.4) is 0 Å². The zero-order valence-corrected chi connectivity index (χ0v) is 19.0. The second-order valence-corrected chi connectivity index (χ2v) is 16.1. The van der Waals surface area contributed by atoms with Crippen molar-refractivity contribution in [3.05, 3.63) is 60.7 Å². The van der Waals surface area contributed by atoms with Gasteiger partial charge in [0.1, 0.15) is 16.4 Å². The Kier molecular flexibility index (Phi) is 5.33. The Hall–Kier alpha value is -0.993. The number of nitrogens with zero attached hydrogens (tertiary/aromatic N) is 1. The number of fused-ring (bicyclic) bond motifs is 1. The molecular weight excluding hydrogens is 365 g/mol. The molecule has 0 radical (unpaired) electrons. The van der Waals surface area contributed by atoms with E-state index < -0.39 is 16.4 Å². The summed E-state index contributed by atoms with van der Waals surface area (Å²) in [6.07, 6.45) is 3.00. The van der Waals surface area contributed by atoms with E-state index in [0.29, 0.717) is 12.1 Å². The van der Waals surface area contributed by atoms with Crippen LogP contribution in [0.5, 0.6) is 0 Å². The van der Waals surface area contributed by atoms with E-state index in [-0.39, 0.29) is 5.16 Å². The number of rotatable bonds is 4.